The summed E-state index contributed by atoms with van der Waals surface area (Å²) >= 11 is 6.10. The molecule has 0 atom stereocenters. The van der Waals surface area contributed by atoms with Crippen LogP contribution in [0.2, 0.25) is 5.02 Å². The maximum Gasteiger partial charge on any atom is 0.135 e. The Labute approximate surface area is 152 Å². The van der Waals surface area contributed by atoms with Gasteiger partial charge in [0.05, 0.1) is 21.7 Å². The third-order valence-electron chi connectivity index (χ3n) is 5.13. The van der Waals surface area contributed by atoms with Gasteiger partial charge in [0.1, 0.15) is 5.75 Å². The van der Waals surface area contributed by atoms with Gasteiger partial charge in [-0.15, -0.1) is 0 Å². The molecule has 25 heavy (non-hydrogen) atoms. The van der Waals surface area contributed by atoms with E-state index in [9.17, 15) is 5.11 Å². The molecule has 4 nitrogen and oxygen atoms in total. The van der Waals surface area contributed by atoms with Crippen molar-refractivity contribution in [2.45, 2.75) is 25.8 Å². The predicted molar refractivity (Wildman–Crippen MR) is 105 cm³/mol. The molecule has 1 aromatic heterocycles. The van der Waals surface area contributed by atoms with Crippen LogP contribution in [-0.2, 0) is 0 Å². The topological polar surface area (TPSA) is 48.4 Å². The number of para-hydroxylation sites is 1. The van der Waals surface area contributed by atoms with Crippen LogP contribution in [0.1, 0.15) is 19.8 Å². The molecule has 0 unspecified atom stereocenters. The second kappa shape index (κ2) is 6.70. The molecule has 3 aromatic rings. The molecule has 0 spiro atoms. The summed E-state index contributed by atoms with van der Waals surface area (Å²) in [5.74, 6) is 0.0927. The molecule has 4 rings (SSSR count). The number of rotatable bonds is 3. The SMILES string of the molecule is CCN1CCC(Nc2c3ccccc3nc3cc(Cl)c(O)cc23)CC1. The van der Waals surface area contributed by atoms with Crippen LogP contribution in [0.3, 0.4) is 0 Å². The van der Waals surface area contributed by atoms with Gasteiger partial charge in [-0.1, -0.05) is 36.7 Å². The molecule has 0 radical (unpaired) electrons. The number of benzene rings is 2. The molecule has 1 aliphatic heterocycles. The lowest BCUT2D eigenvalue weighted by atomic mass is 10.0. The minimum absolute atomic E-state index is 0.0927. The van der Waals surface area contributed by atoms with Gasteiger partial charge in [0.2, 0.25) is 0 Å². The highest BCUT2D eigenvalue weighted by Crippen LogP contribution is 2.37. The summed E-state index contributed by atoms with van der Waals surface area (Å²) in [6.07, 6.45) is 2.23. The summed E-state index contributed by atoms with van der Waals surface area (Å²) in [6.45, 7) is 5.56. The number of aromatic nitrogens is 1. The molecule has 0 saturated carbocycles. The first-order chi connectivity index (χ1) is 12.2. The number of fused-ring (bicyclic) bond motifs is 2. The molecule has 130 valence electrons. The molecule has 1 fully saturated rings. The van der Waals surface area contributed by atoms with Crippen molar-refractivity contribution in [3.8, 4) is 5.75 Å². The first-order valence-electron chi connectivity index (χ1n) is 8.85. The Morgan fingerprint density at radius 2 is 1.92 bits per heavy atom. The van der Waals surface area contributed by atoms with Gasteiger partial charge in [0, 0.05) is 29.9 Å². The number of anilines is 1. The fourth-order valence-corrected chi connectivity index (χ4v) is 3.81. The van der Waals surface area contributed by atoms with E-state index < -0.39 is 0 Å². The van der Waals surface area contributed by atoms with Crippen LogP contribution in [0.4, 0.5) is 5.69 Å². The lowest BCUT2D eigenvalue weighted by Crippen LogP contribution is -2.38. The zero-order valence-electron chi connectivity index (χ0n) is 14.3. The normalized spacial score (nSPS) is 16.6. The Hall–Kier alpha value is -2.04. The van der Waals surface area contributed by atoms with E-state index in [4.69, 9.17) is 16.6 Å². The molecule has 1 aliphatic rings. The van der Waals surface area contributed by atoms with E-state index in [1.54, 1.807) is 12.1 Å². The number of likely N-dealkylation sites (tertiary alicyclic amines) is 1. The minimum atomic E-state index is 0.0927. The molecule has 0 bridgehead atoms. The maximum absolute atomic E-state index is 10.1. The number of phenolic OH excluding ortho intramolecular Hbond substituents is 1. The Kier molecular flexibility index (Phi) is 4.40. The number of nitrogens with one attached hydrogen (secondary N) is 1. The zero-order chi connectivity index (χ0) is 17.4. The van der Waals surface area contributed by atoms with Crippen LogP contribution in [0, 0.1) is 0 Å². The van der Waals surface area contributed by atoms with E-state index in [1.165, 1.54) is 0 Å². The van der Waals surface area contributed by atoms with E-state index in [2.05, 4.69) is 23.2 Å². The number of pyridine rings is 1. The Bertz CT molecular complexity index is 920. The number of nitrogens with zero attached hydrogens (tertiary/aromatic N) is 2. The minimum Gasteiger partial charge on any atom is -0.506 e. The number of aromatic hydroxyl groups is 1. The molecule has 2 aromatic carbocycles. The number of hydrogen-bond acceptors (Lipinski definition) is 4. The lowest BCUT2D eigenvalue weighted by molar-refractivity contribution is 0.230. The second-order valence-corrected chi connectivity index (χ2v) is 7.08. The lowest BCUT2D eigenvalue weighted by Gasteiger charge is -2.32. The Morgan fingerprint density at radius 3 is 2.68 bits per heavy atom. The third kappa shape index (κ3) is 3.12. The van der Waals surface area contributed by atoms with Gasteiger partial charge in [-0.3, -0.25) is 0 Å². The predicted octanol–water partition coefficient (Wildman–Crippen LogP) is 4.64. The first-order valence-corrected chi connectivity index (χ1v) is 9.23. The van der Waals surface area contributed by atoms with Crippen LogP contribution >= 0.6 is 11.6 Å². The summed E-state index contributed by atoms with van der Waals surface area (Å²) < 4.78 is 0. The smallest absolute Gasteiger partial charge is 0.135 e. The summed E-state index contributed by atoms with van der Waals surface area (Å²) in [4.78, 5) is 7.19. The molecular formula is C20H22ClN3O. The summed E-state index contributed by atoms with van der Waals surface area (Å²) in [7, 11) is 0. The van der Waals surface area contributed by atoms with E-state index in [0.717, 1.165) is 60.0 Å². The van der Waals surface area contributed by atoms with E-state index in [-0.39, 0.29) is 5.75 Å². The monoisotopic (exact) mass is 355 g/mol. The number of hydrogen-bond donors (Lipinski definition) is 2. The van der Waals surface area contributed by atoms with Crippen LogP contribution in [-0.4, -0.2) is 40.7 Å². The van der Waals surface area contributed by atoms with Crippen molar-refractivity contribution >= 4 is 39.1 Å². The van der Waals surface area contributed by atoms with Gasteiger partial charge in [-0.05, 0) is 37.6 Å². The molecule has 2 N–H and O–H groups in total. The first kappa shape index (κ1) is 16.4. The molecule has 1 saturated heterocycles. The highest BCUT2D eigenvalue weighted by molar-refractivity contribution is 6.33. The van der Waals surface area contributed by atoms with Crippen LogP contribution in [0.15, 0.2) is 36.4 Å². The molecule has 0 amide bonds. The number of piperidine rings is 1. The van der Waals surface area contributed by atoms with E-state index in [0.29, 0.717) is 11.1 Å². The van der Waals surface area contributed by atoms with Crippen molar-refractivity contribution in [3.63, 3.8) is 0 Å². The zero-order valence-corrected chi connectivity index (χ0v) is 15.1. The third-order valence-corrected chi connectivity index (χ3v) is 5.43. The van der Waals surface area contributed by atoms with E-state index >= 15 is 0 Å². The van der Waals surface area contributed by atoms with Crippen LogP contribution in [0.5, 0.6) is 5.75 Å². The molecule has 5 heteroatoms. The van der Waals surface area contributed by atoms with Crippen molar-refractivity contribution in [2.75, 3.05) is 25.0 Å². The summed E-state index contributed by atoms with van der Waals surface area (Å²) in [6, 6.07) is 12.0. The average Bonchev–Trinajstić information content (AvgIpc) is 2.64. The van der Waals surface area contributed by atoms with Gasteiger partial charge < -0.3 is 15.3 Å². The summed E-state index contributed by atoms with van der Waals surface area (Å²) in [5.41, 5.74) is 2.78. The fraction of sp³-hybridized carbons (Fsp3) is 0.350. The quantitative estimate of drug-likeness (QED) is 0.672. The van der Waals surface area contributed by atoms with Crippen molar-refractivity contribution < 1.29 is 5.11 Å². The van der Waals surface area contributed by atoms with Crippen LogP contribution < -0.4 is 5.32 Å². The van der Waals surface area contributed by atoms with Gasteiger partial charge in [-0.2, -0.15) is 0 Å². The molecule has 0 aliphatic carbocycles. The Morgan fingerprint density at radius 1 is 1.16 bits per heavy atom. The summed E-state index contributed by atoms with van der Waals surface area (Å²) in [5, 5.41) is 16.2. The number of phenols is 1. The van der Waals surface area contributed by atoms with Crippen LogP contribution in [0.25, 0.3) is 21.8 Å². The van der Waals surface area contributed by atoms with Crippen molar-refractivity contribution in [3.05, 3.63) is 41.4 Å². The van der Waals surface area contributed by atoms with Gasteiger partial charge >= 0.3 is 0 Å². The highest BCUT2D eigenvalue weighted by atomic mass is 35.5. The largest absolute Gasteiger partial charge is 0.506 e. The van der Waals surface area contributed by atoms with Gasteiger partial charge in [0.15, 0.2) is 0 Å². The molecule has 2 heterocycles. The second-order valence-electron chi connectivity index (χ2n) is 6.68. The average molecular weight is 356 g/mol. The molecular weight excluding hydrogens is 334 g/mol. The van der Waals surface area contributed by atoms with Gasteiger partial charge in [-0.25, -0.2) is 4.98 Å². The fourth-order valence-electron chi connectivity index (χ4n) is 3.65. The standard InChI is InChI=1S/C20H22ClN3O/c1-2-24-9-7-13(8-10-24)22-20-14-5-3-4-6-17(14)23-18-12-16(21)19(25)11-15(18)20/h3-6,11-13,25H,2,7-10H2,1H3,(H,22,23). The van der Waals surface area contributed by atoms with Crippen molar-refractivity contribution in [1.29, 1.82) is 0 Å². The van der Waals surface area contributed by atoms with Gasteiger partial charge in [0.25, 0.3) is 0 Å². The number of halogens is 1. The maximum atomic E-state index is 10.1. The van der Waals surface area contributed by atoms with Crippen molar-refractivity contribution in [1.82, 2.24) is 9.88 Å². The van der Waals surface area contributed by atoms with Crippen molar-refractivity contribution in [2.24, 2.45) is 0 Å². The van der Waals surface area contributed by atoms with E-state index in [1.807, 2.05) is 18.2 Å². The highest BCUT2D eigenvalue weighted by Gasteiger charge is 2.20. The Balaban J connectivity index is 1.80.